The Labute approximate surface area is 165 Å². The quantitative estimate of drug-likeness (QED) is 0.534. The average molecular weight is 402 g/mol. The molecule has 29 heavy (non-hydrogen) atoms. The van der Waals surface area contributed by atoms with Crippen molar-refractivity contribution < 1.29 is 38.1 Å². The monoisotopic (exact) mass is 402 g/mol. The molecule has 10 heteroatoms. The predicted octanol–water partition coefficient (Wildman–Crippen LogP) is 0.240. The van der Waals surface area contributed by atoms with Crippen LogP contribution < -0.4 is 11.1 Å². The minimum absolute atomic E-state index is 0.263. The van der Waals surface area contributed by atoms with E-state index in [2.05, 4.69) is 10.1 Å². The first kappa shape index (κ1) is 19.9. The van der Waals surface area contributed by atoms with Gasteiger partial charge in [-0.25, -0.2) is 9.59 Å². The summed E-state index contributed by atoms with van der Waals surface area (Å²) in [5, 5.41) is 2.63. The zero-order chi connectivity index (χ0) is 21.3. The van der Waals surface area contributed by atoms with Gasteiger partial charge in [0.05, 0.1) is 21.3 Å². The van der Waals surface area contributed by atoms with Gasteiger partial charge < -0.3 is 30.0 Å². The van der Waals surface area contributed by atoms with Crippen LogP contribution in [0.25, 0.3) is 0 Å². The maximum atomic E-state index is 13.3. The van der Waals surface area contributed by atoms with Crippen molar-refractivity contribution in [3.05, 3.63) is 52.6 Å². The summed E-state index contributed by atoms with van der Waals surface area (Å²) in [4.78, 5) is 50.7. The fourth-order valence-electron chi connectivity index (χ4n) is 3.56. The highest BCUT2D eigenvalue weighted by Gasteiger charge is 2.62. The van der Waals surface area contributed by atoms with Gasteiger partial charge in [-0.2, -0.15) is 0 Å². The predicted molar refractivity (Wildman–Crippen MR) is 96.7 cm³/mol. The summed E-state index contributed by atoms with van der Waals surface area (Å²) in [6.45, 7) is 0. The second kappa shape index (κ2) is 7.30. The molecular weight excluding hydrogens is 384 g/mol. The maximum absolute atomic E-state index is 13.3. The van der Waals surface area contributed by atoms with Crippen LogP contribution in [0.3, 0.4) is 0 Å². The smallest absolute Gasteiger partial charge is 0.340 e. The minimum Gasteiger partial charge on any atom is -0.469 e. The molecule has 2 aliphatic rings. The van der Waals surface area contributed by atoms with Crippen LogP contribution >= 0.6 is 0 Å². The van der Waals surface area contributed by atoms with Gasteiger partial charge in [-0.05, 0) is 6.07 Å². The number of fused-ring (bicyclic) bond motifs is 2. The molecule has 152 valence electrons. The number of methoxy groups -OCH3 is 3. The number of para-hydroxylation sites is 1. The molecule has 0 bridgehead atoms. The molecule has 0 unspecified atom stereocenters. The van der Waals surface area contributed by atoms with Gasteiger partial charge in [-0.3, -0.25) is 9.59 Å². The van der Waals surface area contributed by atoms with Crippen molar-refractivity contribution in [1.82, 2.24) is 0 Å². The van der Waals surface area contributed by atoms with Crippen LogP contribution in [0.5, 0.6) is 0 Å². The number of carbonyl (C=O) groups is 4. The first-order chi connectivity index (χ1) is 13.8. The number of rotatable bonds is 4. The van der Waals surface area contributed by atoms with E-state index in [1.165, 1.54) is 0 Å². The Morgan fingerprint density at radius 1 is 1.03 bits per heavy atom. The number of carbonyl (C=O) groups excluding carboxylic acids is 4. The first-order valence-corrected chi connectivity index (χ1v) is 8.38. The summed E-state index contributed by atoms with van der Waals surface area (Å²) in [5.74, 6) is -4.20. The van der Waals surface area contributed by atoms with Crippen molar-refractivity contribution in [2.75, 3.05) is 26.6 Å². The molecule has 0 aliphatic carbocycles. The highest BCUT2D eigenvalue weighted by atomic mass is 16.5. The van der Waals surface area contributed by atoms with Crippen molar-refractivity contribution in [2.45, 2.75) is 11.8 Å². The van der Waals surface area contributed by atoms with Crippen LogP contribution in [-0.2, 0) is 43.5 Å². The van der Waals surface area contributed by atoms with Gasteiger partial charge in [0.2, 0.25) is 11.8 Å². The van der Waals surface area contributed by atoms with E-state index in [1.807, 2.05) is 0 Å². The maximum Gasteiger partial charge on any atom is 0.340 e. The number of anilines is 1. The van der Waals surface area contributed by atoms with E-state index in [1.54, 1.807) is 24.3 Å². The fraction of sp³-hybridized carbons (Fsp3) is 0.263. The number of benzene rings is 1. The SMILES string of the molecule is COC(=O)CC1=C(C(=O)OC)[C@]2(C(=O)Nc3ccccc32)C(C(=O)OC)=C(N)O1. The Kier molecular flexibility index (Phi) is 5.02. The lowest BCUT2D eigenvalue weighted by molar-refractivity contribution is -0.141. The van der Waals surface area contributed by atoms with E-state index in [9.17, 15) is 19.2 Å². The third-order valence-electron chi connectivity index (χ3n) is 4.74. The van der Waals surface area contributed by atoms with Crippen LogP contribution in [0, 0.1) is 0 Å². The van der Waals surface area contributed by atoms with E-state index >= 15 is 0 Å². The molecule has 0 saturated carbocycles. The van der Waals surface area contributed by atoms with Crippen molar-refractivity contribution in [3.8, 4) is 0 Å². The van der Waals surface area contributed by atoms with Crippen LogP contribution in [0.2, 0.25) is 0 Å². The van der Waals surface area contributed by atoms with Crippen LogP contribution in [0.15, 0.2) is 47.1 Å². The van der Waals surface area contributed by atoms with Crippen LogP contribution in [-0.4, -0.2) is 45.1 Å². The molecule has 2 heterocycles. The number of hydrogen-bond acceptors (Lipinski definition) is 9. The number of nitrogens with one attached hydrogen (secondary N) is 1. The minimum atomic E-state index is -2.03. The number of hydrogen-bond donors (Lipinski definition) is 2. The summed E-state index contributed by atoms with van der Waals surface area (Å²) in [6, 6.07) is 6.43. The molecule has 1 amide bonds. The fourth-order valence-corrected chi connectivity index (χ4v) is 3.56. The molecule has 1 aromatic carbocycles. The standard InChI is InChI=1S/C19H18N2O8/c1-26-12(22)8-11-13(16(23)27-2)19(14(15(20)29-11)17(24)28-3)9-6-4-5-7-10(9)21-18(19)25/h4-7H,8,20H2,1-3H3,(H,21,25)/t19-/m0/s1. The molecule has 0 fully saturated rings. The average Bonchev–Trinajstić information content (AvgIpc) is 2.99. The molecule has 3 rings (SSSR count). The number of amides is 1. The first-order valence-electron chi connectivity index (χ1n) is 8.38. The van der Waals surface area contributed by atoms with Gasteiger partial charge in [-0.1, -0.05) is 18.2 Å². The van der Waals surface area contributed by atoms with E-state index in [-0.39, 0.29) is 16.9 Å². The lowest BCUT2D eigenvalue weighted by Crippen LogP contribution is -2.48. The van der Waals surface area contributed by atoms with E-state index in [0.717, 1.165) is 21.3 Å². The number of nitrogens with two attached hydrogens (primary N) is 1. The summed E-state index contributed by atoms with van der Waals surface area (Å²) in [5.41, 5.74) is 3.82. The largest absolute Gasteiger partial charge is 0.469 e. The lowest BCUT2D eigenvalue weighted by atomic mass is 9.67. The van der Waals surface area contributed by atoms with Gasteiger partial charge in [-0.15, -0.1) is 0 Å². The Bertz CT molecular complexity index is 994. The third kappa shape index (κ3) is 2.80. The van der Waals surface area contributed by atoms with Crippen LogP contribution in [0.1, 0.15) is 12.0 Å². The van der Waals surface area contributed by atoms with Crippen molar-refractivity contribution in [3.63, 3.8) is 0 Å². The summed E-state index contributed by atoms with van der Waals surface area (Å²) in [6.07, 6.45) is -0.521. The zero-order valence-electron chi connectivity index (χ0n) is 15.9. The Balaban J connectivity index is 2.43. The van der Waals surface area contributed by atoms with E-state index in [0.29, 0.717) is 5.69 Å². The number of esters is 3. The summed E-state index contributed by atoms with van der Waals surface area (Å²) < 4.78 is 19.7. The lowest BCUT2D eigenvalue weighted by Gasteiger charge is -2.35. The Hall–Kier alpha value is -3.82. The van der Waals surface area contributed by atoms with E-state index in [4.69, 9.17) is 19.9 Å². The molecule has 2 aliphatic heterocycles. The van der Waals surface area contributed by atoms with Crippen molar-refractivity contribution in [1.29, 1.82) is 0 Å². The van der Waals surface area contributed by atoms with Crippen molar-refractivity contribution in [2.24, 2.45) is 5.73 Å². The summed E-state index contributed by atoms with van der Waals surface area (Å²) >= 11 is 0. The highest BCUT2D eigenvalue weighted by Crippen LogP contribution is 2.52. The van der Waals surface area contributed by atoms with Gasteiger partial charge in [0.15, 0.2) is 0 Å². The van der Waals surface area contributed by atoms with E-state index < -0.39 is 47.1 Å². The van der Waals surface area contributed by atoms with Crippen LogP contribution in [0.4, 0.5) is 5.69 Å². The molecule has 0 saturated heterocycles. The molecule has 1 atom stereocenters. The molecule has 0 aromatic heterocycles. The second-order valence-corrected chi connectivity index (χ2v) is 6.13. The normalized spacial score (nSPS) is 20.0. The van der Waals surface area contributed by atoms with Gasteiger partial charge in [0.1, 0.15) is 28.7 Å². The highest BCUT2D eigenvalue weighted by molar-refractivity contribution is 6.21. The van der Waals surface area contributed by atoms with Gasteiger partial charge >= 0.3 is 17.9 Å². The van der Waals surface area contributed by atoms with Gasteiger partial charge in [0, 0.05) is 11.3 Å². The Morgan fingerprint density at radius 3 is 2.28 bits per heavy atom. The topological polar surface area (TPSA) is 143 Å². The summed E-state index contributed by atoms with van der Waals surface area (Å²) in [7, 11) is 3.34. The molecule has 3 N–H and O–H groups in total. The second-order valence-electron chi connectivity index (χ2n) is 6.13. The van der Waals surface area contributed by atoms with Gasteiger partial charge in [0.25, 0.3) is 0 Å². The zero-order valence-corrected chi connectivity index (χ0v) is 15.9. The molecule has 1 spiro atoms. The molecule has 0 radical (unpaired) electrons. The number of ether oxygens (including phenoxy) is 4. The van der Waals surface area contributed by atoms with Crippen molar-refractivity contribution >= 4 is 29.5 Å². The molecule has 10 nitrogen and oxygen atoms in total. The third-order valence-corrected chi connectivity index (χ3v) is 4.74. The Morgan fingerprint density at radius 2 is 1.66 bits per heavy atom. The molecule has 1 aromatic rings. The molecular formula is C19H18N2O8.